The van der Waals surface area contributed by atoms with Gasteiger partial charge in [0.1, 0.15) is 11.4 Å². The summed E-state index contributed by atoms with van der Waals surface area (Å²) in [7, 11) is 4.17. The molecule has 1 saturated heterocycles. The summed E-state index contributed by atoms with van der Waals surface area (Å²) in [5.41, 5.74) is -0.212. The molecule has 1 aromatic heterocycles. The lowest BCUT2D eigenvalue weighted by atomic mass is 9.89. The van der Waals surface area contributed by atoms with Crippen LogP contribution < -0.4 is 5.56 Å². The van der Waals surface area contributed by atoms with Gasteiger partial charge in [-0.05, 0) is 46.7 Å². The average molecular weight is 292 g/mol. The van der Waals surface area contributed by atoms with Crippen molar-refractivity contribution in [3.63, 3.8) is 0 Å². The summed E-state index contributed by atoms with van der Waals surface area (Å²) in [6.07, 6.45) is 3.33. The van der Waals surface area contributed by atoms with E-state index in [1.165, 1.54) is 6.20 Å². The number of aromatic amines is 1. The molecule has 1 N–H and O–H groups in total. The van der Waals surface area contributed by atoms with E-state index < -0.39 is 0 Å². The van der Waals surface area contributed by atoms with Gasteiger partial charge in [-0.25, -0.2) is 4.98 Å². The van der Waals surface area contributed by atoms with E-state index >= 15 is 0 Å². The second-order valence-electron chi connectivity index (χ2n) is 6.05. The Morgan fingerprint density at radius 1 is 1.43 bits per heavy atom. The number of hydrogen-bond donors (Lipinski definition) is 1. The van der Waals surface area contributed by atoms with Crippen molar-refractivity contribution in [3.05, 3.63) is 27.9 Å². The number of aromatic nitrogens is 2. The minimum absolute atomic E-state index is 0.139. The van der Waals surface area contributed by atoms with Crippen molar-refractivity contribution in [1.29, 1.82) is 0 Å². The Balaban J connectivity index is 2.02. The topological polar surface area (TPSA) is 69.3 Å². The van der Waals surface area contributed by atoms with Gasteiger partial charge < -0.3 is 14.8 Å². The highest BCUT2D eigenvalue weighted by Gasteiger charge is 2.28. The summed E-state index contributed by atoms with van der Waals surface area (Å²) in [5.74, 6) is 0.910. The number of H-pyrrole nitrogens is 1. The lowest BCUT2D eigenvalue weighted by molar-refractivity contribution is 0.0639. The van der Waals surface area contributed by atoms with Crippen molar-refractivity contribution in [1.82, 2.24) is 19.8 Å². The predicted octanol–water partition coefficient (Wildman–Crippen LogP) is 0.881. The molecule has 1 atom stereocenters. The molecule has 0 bridgehead atoms. The van der Waals surface area contributed by atoms with Crippen molar-refractivity contribution < 1.29 is 4.79 Å². The number of amides is 1. The molecule has 0 spiro atoms. The van der Waals surface area contributed by atoms with E-state index in [9.17, 15) is 9.59 Å². The molecule has 0 saturated carbocycles. The zero-order chi connectivity index (χ0) is 15.6. The summed E-state index contributed by atoms with van der Waals surface area (Å²) in [4.78, 5) is 34.8. The van der Waals surface area contributed by atoms with Gasteiger partial charge >= 0.3 is 0 Å². The fraction of sp³-hybridized carbons (Fsp3) is 0.667. The number of nitrogens with one attached hydrogen (secondary N) is 1. The monoisotopic (exact) mass is 292 g/mol. The molecule has 0 radical (unpaired) electrons. The Kier molecular flexibility index (Phi) is 4.77. The number of rotatable bonds is 3. The van der Waals surface area contributed by atoms with Crippen LogP contribution in [0.5, 0.6) is 0 Å². The van der Waals surface area contributed by atoms with Crippen molar-refractivity contribution in [3.8, 4) is 0 Å². The maximum Gasteiger partial charge on any atom is 0.263 e. The first-order valence-corrected chi connectivity index (χ1v) is 7.41. The highest BCUT2D eigenvalue weighted by molar-refractivity contribution is 5.93. The third-order valence-electron chi connectivity index (χ3n) is 4.48. The van der Waals surface area contributed by atoms with Crippen LogP contribution in [0.1, 0.15) is 35.9 Å². The number of nitrogens with zero attached hydrogens (tertiary/aromatic N) is 3. The van der Waals surface area contributed by atoms with Gasteiger partial charge in [0.15, 0.2) is 0 Å². The fourth-order valence-electron chi connectivity index (χ4n) is 2.81. The molecule has 0 aromatic carbocycles. The van der Waals surface area contributed by atoms with Crippen LogP contribution in [0.4, 0.5) is 0 Å². The Morgan fingerprint density at radius 2 is 2.05 bits per heavy atom. The normalized spacial score (nSPS) is 18.0. The Morgan fingerprint density at radius 3 is 2.57 bits per heavy atom. The number of piperidine rings is 1. The van der Waals surface area contributed by atoms with Crippen molar-refractivity contribution >= 4 is 5.91 Å². The largest absolute Gasteiger partial charge is 0.338 e. The Labute approximate surface area is 125 Å². The first kappa shape index (κ1) is 15.7. The van der Waals surface area contributed by atoms with Gasteiger partial charge in [-0.15, -0.1) is 0 Å². The van der Waals surface area contributed by atoms with Crippen LogP contribution in [0.2, 0.25) is 0 Å². The molecule has 1 aromatic rings. The molecule has 0 aliphatic carbocycles. The lowest BCUT2D eigenvalue weighted by Gasteiger charge is -2.37. The third-order valence-corrected chi connectivity index (χ3v) is 4.48. The van der Waals surface area contributed by atoms with E-state index in [0.717, 1.165) is 12.8 Å². The van der Waals surface area contributed by atoms with Gasteiger partial charge in [-0.2, -0.15) is 0 Å². The standard InChI is InChI=1S/C15H24N4O2/c1-10(18(3)4)12-5-7-19(8-6-12)15(21)13-9-16-11(2)17-14(13)20/h9-10,12H,5-8H2,1-4H3,(H,16,17,20). The van der Waals surface area contributed by atoms with Gasteiger partial charge in [0, 0.05) is 25.3 Å². The third kappa shape index (κ3) is 3.50. The number of aryl methyl sites for hydroxylation is 1. The second kappa shape index (κ2) is 6.39. The van der Waals surface area contributed by atoms with Crippen LogP contribution in [0.3, 0.4) is 0 Å². The van der Waals surface area contributed by atoms with E-state index in [-0.39, 0.29) is 17.0 Å². The predicted molar refractivity (Wildman–Crippen MR) is 81.4 cm³/mol. The molecule has 6 heteroatoms. The highest BCUT2D eigenvalue weighted by atomic mass is 16.2. The van der Waals surface area contributed by atoms with E-state index in [1.807, 2.05) is 0 Å². The minimum atomic E-state index is -0.351. The van der Waals surface area contributed by atoms with Crippen LogP contribution in [-0.4, -0.2) is 58.9 Å². The molecule has 1 amide bonds. The van der Waals surface area contributed by atoms with E-state index in [1.54, 1.807) is 11.8 Å². The zero-order valence-electron chi connectivity index (χ0n) is 13.2. The molecule has 2 rings (SSSR count). The number of likely N-dealkylation sites (tertiary alicyclic amines) is 1. The quantitative estimate of drug-likeness (QED) is 0.898. The van der Waals surface area contributed by atoms with E-state index in [2.05, 4.69) is 35.9 Å². The first-order chi connectivity index (χ1) is 9.90. The molecule has 1 aliphatic heterocycles. The molecule has 2 heterocycles. The molecule has 1 unspecified atom stereocenters. The molecule has 116 valence electrons. The molecular weight excluding hydrogens is 268 g/mol. The van der Waals surface area contributed by atoms with Gasteiger partial charge in [0.2, 0.25) is 0 Å². The average Bonchev–Trinajstić information content (AvgIpc) is 2.46. The summed E-state index contributed by atoms with van der Waals surface area (Å²) in [6, 6.07) is 0.506. The molecule has 1 fully saturated rings. The van der Waals surface area contributed by atoms with Crippen molar-refractivity contribution in [2.24, 2.45) is 5.92 Å². The lowest BCUT2D eigenvalue weighted by Crippen LogP contribution is -2.44. The number of hydrogen-bond acceptors (Lipinski definition) is 4. The van der Waals surface area contributed by atoms with Crippen LogP contribution in [-0.2, 0) is 0 Å². The summed E-state index contributed by atoms with van der Waals surface area (Å²) < 4.78 is 0. The molecular formula is C15H24N4O2. The summed E-state index contributed by atoms with van der Waals surface area (Å²) >= 11 is 0. The number of carbonyl (C=O) groups is 1. The van der Waals surface area contributed by atoms with Gasteiger partial charge in [-0.3, -0.25) is 9.59 Å². The molecule has 6 nitrogen and oxygen atoms in total. The van der Waals surface area contributed by atoms with E-state index in [0.29, 0.717) is 30.9 Å². The van der Waals surface area contributed by atoms with Gasteiger partial charge in [-0.1, -0.05) is 0 Å². The summed E-state index contributed by atoms with van der Waals surface area (Å²) in [5, 5.41) is 0. The van der Waals surface area contributed by atoms with Crippen LogP contribution in [0.15, 0.2) is 11.0 Å². The Hall–Kier alpha value is -1.69. The van der Waals surface area contributed by atoms with Gasteiger partial charge in [0.25, 0.3) is 11.5 Å². The van der Waals surface area contributed by atoms with Crippen LogP contribution in [0.25, 0.3) is 0 Å². The first-order valence-electron chi connectivity index (χ1n) is 7.41. The second-order valence-corrected chi connectivity index (χ2v) is 6.05. The fourth-order valence-corrected chi connectivity index (χ4v) is 2.81. The van der Waals surface area contributed by atoms with Crippen molar-refractivity contribution in [2.75, 3.05) is 27.2 Å². The van der Waals surface area contributed by atoms with Crippen molar-refractivity contribution in [2.45, 2.75) is 32.7 Å². The smallest absolute Gasteiger partial charge is 0.263 e. The highest BCUT2D eigenvalue weighted by Crippen LogP contribution is 2.23. The maximum absolute atomic E-state index is 12.4. The van der Waals surface area contributed by atoms with Gasteiger partial charge in [0.05, 0.1) is 0 Å². The maximum atomic E-state index is 12.4. The van der Waals surface area contributed by atoms with E-state index in [4.69, 9.17) is 0 Å². The van der Waals surface area contributed by atoms with Crippen LogP contribution >= 0.6 is 0 Å². The SMILES string of the molecule is Cc1ncc(C(=O)N2CCC(C(C)N(C)C)CC2)c(=O)[nH]1. The Bertz CT molecular complexity index is 559. The molecule has 21 heavy (non-hydrogen) atoms. The summed E-state index contributed by atoms with van der Waals surface area (Å²) in [6.45, 7) is 5.32. The zero-order valence-corrected chi connectivity index (χ0v) is 13.2. The minimum Gasteiger partial charge on any atom is -0.338 e. The molecule has 1 aliphatic rings. The van der Waals surface area contributed by atoms with Crippen LogP contribution in [0, 0.1) is 12.8 Å². The number of carbonyl (C=O) groups excluding carboxylic acids is 1.